The van der Waals surface area contributed by atoms with Crippen LogP contribution in [0.2, 0.25) is 0 Å². The van der Waals surface area contributed by atoms with Crippen LogP contribution in [-0.2, 0) is 6.61 Å². The van der Waals surface area contributed by atoms with Crippen LogP contribution in [0.4, 0.5) is 5.69 Å². The summed E-state index contributed by atoms with van der Waals surface area (Å²) >= 11 is 0. The summed E-state index contributed by atoms with van der Waals surface area (Å²) in [5, 5.41) is 2.47. The van der Waals surface area contributed by atoms with Crippen molar-refractivity contribution in [2.75, 3.05) is 19.0 Å². The van der Waals surface area contributed by atoms with Gasteiger partial charge in [0.15, 0.2) is 0 Å². The van der Waals surface area contributed by atoms with E-state index in [1.165, 1.54) is 38.7 Å². The molecule has 0 aromatic heterocycles. The van der Waals surface area contributed by atoms with Crippen molar-refractivity contribution in [3.63, 3.8) is 0 Å². The van der Waals surface area contributed by atoms with Crippen molar-refractivity contribution in [3.05, 3.63) is 121 Å². The fourth-order valence-corrected chi connectivity index (χ4v) is 4.17. The van der Waals surface area contributed by atoms with E-state index in [1.807, 2.05) is 24.3 Å². The van der Waals surface area contributed by atoms with Crippen molar-refractivity contribution in [2.45, 2.75) is 6.61 Å². The van der Waals surface area contributed by atoms with Gasteiger partial charge in [0.25, 0.3) is 0 Å². The van der Waals surface area contributed by atoms with Gasteiger partial charge in [-0.1, -0.05) is 84.9 Å². The highest BCUT2D eigenvalue weighted by Gasteiger charge is 2.08. The molecule has 0 atom stereocenters. The molecule has 0 aliphatic heterocycles. The second kappa shape index (κ2) is 9.22. The van der Waals surface area contributed by atoms with Crippen LogP contribution in [0.1, 0.15) is 5.56 Å². The normalized spacial score (nSPS) is 10.8. The van der Waals surface area contributed by atoms with Crippen LogP contribution in [0.5, 0.6) is 5.75 Å². The van der Waals surface area contributed by atoms with Crippen LogP contribution < -0.4 is 9.64 Å². The first-order valence-corrected chi connectivity index (χ1v) is 11.2. The molecule has 0 radical (unpaired) electrons. The molecule has 0 fully saturated rings. The summed E-state index contributed by atoms with van der Waals surface area (Å²) in [7, 11) is 4.15. The second-order valence-electron chi connectivity index (χ2n) is 8.49. The molecule has 33 heavy (non-hydrogen) atoms. The quantitative estimate of drug-likeness (QED) is 0.273. The van der Waals surface area contributed by atoms with Gasteiger partial charge in [0.2, 0.25) is 0 Å². The van der Waals surface area contributed by atoms with Crippen molar-refractivity contribution in [3.8, 4) is 28.0 Å². The molecule has 0 saturated heterocycles. The van der Waals surface area contributed by atoms with Crippen LogP contribution in [0.3, 0.4) is 0 Å². The lowest BCUT2D eigenvalue weighted by molar-refractivity contribution is 0.306. The third-order valence-electron chi connectivity index (χ3n) is 5.97. The topological polar surface area (TPSA) is 12.5 Å². The van der Waals surface area contributed by atoms with Crippen LogP contribution in [0, 0.1) is 0 Å². The SMILES string of the molecule is CN(C)c1cccc(-c2ccc3c(-c4cccc(OCc5ccccc5)c4)cccc3c2)c1. The molecule has 0 spiro atoms. The highest BCUT2D eigenvalue weighted by atomic mass is 16.5. The number of fused-ring (bicyclic) bond motifs is 1. The van der Waals surface area contributed by atoms with E-state index in [0.717, 1.165) is 11.3 Å². The molecule has 162 valence electrons. The molecule has 0 heterocycles. The molecule has 2 heteroatoms. The molecule has 5 aromatic carbocycles. The minimum atomic E-state index is 0.565. The second-order valence-corrected chi connectivity index (χ2v) is 8.49. The fraction of sp³-hybridized carbons (Fsp3) is 0.0968. The third kappa shape index (κ3) is 4.61. The Morgan fingerprint density at radius 3 is 2.21 bits per heavy atom. The maximum Gasteiger partial charge on any atom is 0.120 e. The lowest BCUT2D eigenvalue weighted by atomic mass is 9.95. The molecule has 5 aromatic rings. The Kier molecular flexibility index (Phi) is 5.82. The number of ether oxygens (including phenoxy) is 1. The summed E-state index contributed by atoms with van der Waals surface area (Å²) in [5.41, 5.74) is 7.19. The van der Waals surface area contributed by atoms with Gasteiger partial charge >= 0.3 is 0 Å². The Morgan fingerprint density at radius 1 is 0.606 bits per heavy atom. The summed E-state index contributed by atoms with van der Waals surface area (Å²) in [5.74, 6) is 0.880. The van der Waals surface area contributed by atoms with Crippen molar-refractivity contribution in [2.24, 2.45) is 0 Å². The zero-order valence-corrected chi connectivity index (χ0v) is 19.0. The first-order valence-electron chi connectivity index (χ1n) is 11.2. The van der Waals surface area contributed by atoms with Crippen molar-refractivity contribution >= 4 is 16.5 Å². The Labute approximate surface area is 195 Å². The van der Waals surface area contributed by atoms with Gasteiger partial charge in [-0.2, -0.15) is 0 Å². The smallest absolute Gasteiger partial charge is 0.120 e. The standard InChI is InChI=1S/C31H27NO/c1-32(2)28-14-6-11-24(20-28)25-17-18-31-26(19-25)13-8-16-30(31)27-12-7-15-29(21-27)33-22-23-9-4-3-5-10-23/h3-21H,22H2,1-2H3. The van der Waals surface area contributed by atoms with Crippen LogP contribution in [0.25, 0.3) is 33.0 Å². The average molecular weight is 430 g/mol. The lowest BCUT2D eigenvalue weighted by Gasteiger charge is -2.14. The number of benzene rings is 5. The molecular formula is C31H27NO. The molecule has 0 unspecified atom stereocenters. The molecule has 0 saturated carbocycles. The van der Waals surface area contributed by atoms with E-state index in [9.17, 15) is 0 Å². The predicted molar refractivity (Wildman–Crippen MR) is 140 cm³/mol. The highest BCUT2D eigenvalue weighted by molar-refractivity contribution is 5.99. The van der Waals surface area contributed by atoms with Gasteiger partial charge in [0, 0.05) is 19.8 Å². The van der Waals surface area contributed by atoms with Gasteiger partial charge in [-0.25, -0.2) is 0 Å². The Morgan fingerprint density at radius 2 is 1.36 bits per heavy atom. The first-order chi connectivity index (χ1) is 16.2. The van der Waals surface area contributed by atoms with Crippen LogP contribution >= 0.6 is 0 Å². The van der Waals surface area contributed by atoms with Crippen LogP contribution in [-0.4, -0.2) is 14.1 Å². The van der Waals surface area contributed by atoms with Gasteiger partial charge in [-0.3, -0.25) is 0 Å². The van der Waals surface area contributed by atoms with Gasteiger partial charge in [0.1, 0.15) is 12.4 Å². The number of anilines is 1. The molecule has 0 aliphatic carbocycles. The summed E-state index contributed by atoms with van der Waals surface area (Å²) in [4.78, 5) is 2.13. The maximum atomic E-state index is 6.07. The number of hydrogen-bond donors (Lipinski definition) is 0. The van der Waals surface area contributed by atoms with Gasteiger partial charge in [-0.05, 0) is 68.9 Å². The Bertz CT molecular complexity index is 1390. The Balaban J connectivity index is 1.46. The minimum Gasteiger partial charge on any atom is -0.489 e. The molecule has 0 aliphatic rings. The van der Waals surface area contributed by atoms with Gasteiger partial charge in [0.05, 0.1) is 0 Å². The number of hydrogen-bond acceptors (Lipinski definition) is 2. The highest BCUT2D eigenvalue weighted by Crippen LogP contribution is 2.34. The van der Waals surface area contributed by atoms with E-state index in [2.05, 4.69) is 110 Å². The number of rotatable bonds is 6. The van der Waals surface area contributed by atoms with E-state index in [1.54, 1.807) is 0 Å². The van der Waals surface area contributed by atoms with E-state index >= 15 is 0 Å². The molecule has 0 amide bonds. The molecule has 5 rings (SSSR count). The number of nitrogens with zero attached hydrogens (tertiary/aromatic N) is 1. The van der Waals surface area contributed by atoms with E-state index < -0.39 is 0 Å². The largest absolute Gasteiger partial charge is 0.489 e. The summed E-state index contributed by atoms with van der Waals surface area (Å²) in [6.07, 6.45) is 0. The van der Waals surface area contributed by atoms with E-state index in [4.69, 9.17) is 4.74 Å². The molecular weight excluding hydrogens is 402 g/mol. The Hall–Kier alpha value is -4.04. The van der Waals surface area contributed by atoms with Crippen molar-refractivity contribution in [1.29, 1.82) is 0 Å². The molecule has 0 N–H and O–H groups in total. The zero-order valence-electron chi connectivity index (χ0n) is 19.0. The summed E-state index contributed by atoms with van der Waals surface area (Å²) < 4.78 is 6.07. The predicted octanol–water partition coefficient (Wildman–Crippen LogP) is 7.82. The average Bonchev–Trinajstić information content (AvgIpc) is 2.87. The van der Waals surface area contributed by atoms with E-state index in [0.29, 0.717) is 6.61 Å². The fourth-order valence-electron chi connectivity index (χ4n) is 4.17. The third-order valence-corrected chi connectivity index (χ3v) is 5.97. The van der Waals surface area contributed by atoms with E-state index in [-0.39, 0.29) is 0 Å². The first kappa shape index (κ1) is 20.8. The van der Waals surface area contributed by atoms with Crippen molar-refractivity contribution < 1.29 is 4.74 Å². The van der Waals surface area contributed by atoms with Gasteiger partial charge in [-0.15, -0.1) is 0 Å². The summed E-state index contributed by atoms with van der Waals surface area (Å²) in [6.45, 7) is 0.565. The minimum absolute atomic E-state index is 0.565. The summed E-state index contributed by atoms with van der Waals surface area (Å²) in [6, 6.07) is 40.5. The molecule has 0 bridgehead atoms. The van der Waals surface area contributed by atoms with Crippen LogP contribution in [0.15, 0.2) is 115 Å². The zero-order chi connectivity index (χ0) is 22.6. The van der Waals surface area contributed by atoms with Crippen molar-refractivity contribution in [1.82, 2.24) is 0 Å². The molecule has 2 nitrogen and oxygen atoms in total. The maximum absolute atomic E-state index is 6.07. The monoisotopic (exact) mass is 429 g/mol. The van der Waals surface area contributed by atoms with Gasteiger partial charge < -0.3 is 9.64 Å². The lowest BCUT2D eigenvalue weighted by Crippen LogP contribution is -2.08.